The van der Waals surface area contributed by atoms with E-state index in [1.54, 1.807) is 52.8 Å². The molecular formula is C44H61NO15. The molecular weight excluding hydrogens is 782 g/mol. The molecule has 0 radical (unpaired) electrons. The smallest absolute Gasteiger partial charge is 0.456 e. The third-order valence-corrected chi connectivity index (χ3v) is 13.0. The van der Waals surface area contributed by atoms with Crippen LogP contribution in [0.1, 0.15) is 106 Å². The van der Waals surface area contributed by atoms with E-state index in [9.17, 15) is 39.3 Å². The maximum absolute atomic E-state index is 15.5. The first-order valence-corrected chi connectivity index (χ1v) is 20.2. The number of hydrogen-bond acceptors (Lipinski definition) is 15. The Hall–Kier alpha value is -4.38. The highest BCUT2D eigenvalue weighted by atomic mass is 16.8. The topological polar surface area (TPSA) is 231 Å². The van der Waals surface area contributed by atoms with E-state index in [-0.39, 0.29) is 36.2 Å². The second-order valence-electron chi connectivity index (χ2n) is 19.7. The number of methoxy groups -OCH3 is 1. The Morgan fingerprint density at radius 1 is 0.983 bits per heavy atom. The van der Waals surface area contributed by atoms with Gasteiger partial charge in [0.05, 0.1) is 42.8 Å². The maximum atomic E-state index is 15.5. The largest absolute Gasteiger partial charge is 0.508 e. The van der Waals surface area contributed by atoms with Crippen molar-refractivity contribution in [3.63, 3.8) is 0 Å². The standard InChI is InChI=1S/C44H61NO15/c1-22-25(58-37(52)30(49)33(40(6,7)8)45-28(48)20-39(3,4)5)19-44(54)35(59-36(51)24-16-14-13-15-17-24)32-42(11,34(50)31(57-23(2)46)29(22)41(44,9)10)26(47)18-27-43(32,21-56-27)60-38(53)55-12/h13-17,25-27,30-33,35,47,49,54H,18-21H2,1-12H3,(H,45,48)/t25-,26-,27+,30+,31+,32?,33+,35?,42+,43-,44+/m0/s1. The van der Waals surface area contributed by atoms with Crippen molar-refractivity contribution in [3.05, 3.63) is 47.0 Å². The number of aliphatic hydroxyl groups excluding tert-OH is 2. The number of ether oxygens (including phenoxy) is 6. The number of nitrogens with one attached hydrogen (secondary N) is 1. The summed E-state index contributed by atoms with van der Waals surface area (Å²) in [4.78, 5) is 83.0. The molecule has 3 fully saturated rings. The highest BCUT2D eigenvalue weighted by Crippen LogP contribution is 2.64. The summed E-state index contributed by atoms with van der Waals surface area (Å²) < 4.78 is 35.0. The van der Waals surface area contributed by atoms with Crippen LogP contribution in [0.5, 0.6) is 0 Å². The molecule has 11 atom stereocenters. The Labute approximate surface area is 350 Å². The van der Waals surface area contributed by atoms with Crippen molar-refractivity contribution < 1.29 is 72.5 Å². The third kappa shape index (κ3) is 8.07. The Kier molecular flexibility index (Phi) is 12.6. The first kappa shape index (κ1) is 46.7. The van der Waals surface area contributed by atoms with Gasteiger partial charge in [0.15, 0.2) is 23.6 Å². The van der Waals surface area contributed by atoms with Gasteiger partial charge in [-0.15, -0.1) is 0 Å². The number of carbonyl (C=O) groups is 6. The van der Waals surface area contributed by atoms with Crippen molar-refractivity contribution in [1.82, 2.24) is 5.32 Å². The summed E-state index contributed by atoms with van der Waals surface area (Å²) in [6.07, 6.45) is -11.6. The van der Waals surface area contributed by atoms with Crippen LogP contribution in [0.4, 0.5) is 4.79 Å². The van der Waals surface area contributed by atoms with Crippen LogP contribution >= 0.6 is 0 Å². The first-order chi connectivity index (χ1) is 27.6. The Bertz CT molecular complexity index is 1910. The fraction of sp³-hybridized carbons (Fsp3) is 0.682. The molecule has 5 rings (SSSR count). The highest BCUT2D eigenvalue weighted by molar-refractivity contribution is 5.95. The van der Waals surface area contributed by atoms with Crippen molar-refractivity contribution in [2.24, 2.45) is 27.6 Å². The highest BCUT2D eigenvalue weighted by Gasteiger charge is 2.78. The first-order valence-electron chi connectivity index (χ1n) is 20.2. The summed E-state index contributed by atoms with van der Waals surface area (Å²) in [5, 5.41) is 40.1. The van der Waals surface area contributed by atoms with Gasteiger partial charge in [0, 0.05) is 31.6 Å². The van der Waals surface area contributed by atoms with Gasteiger partial charge in [0.25, 0.3) is 0 Å². The average molecular weight is 844 g/mol. The molecule has 0 aromatic heterocycles. The maximum Gasteiger partial charge on any atom is 0.508 e. The Morgan fingerprint density at radius 3 is 2.12 bits per heavy atom. The molecule has 1 aromatic rings. The zero-order valence-corrected chi connectivity index (χ0v) is 36.6. The molecule has 0 spiro atoms. The lowest BCUT2D eigenvalue weighted by Gasteiger charge is -2.67. The lowest BCUT2D eigenvalue weighted by Crippen LogP contribution is -2.82. The quantitative estimate of drug-likeness (QED) is 0.158. The van der Waals surface area contributed by atoms with Crippen LogP contribution in [-0.2, 0) is 47.6 Å². The lowest BCUT2D eigenvalue weighted by atomic mass is 9.44. The number of aliphatic hydroxyl groups is 3. The fourth-order valence-electron chi connectivity index (χ4n) is 9.77. The number of Topliss-reactive ketones (excluding diaryl/α,β-unsaturated/α-hetero) is 1. The molecule has 1 saturated heterocycles. The van der Waals surface area contributed by atoms with Crippen LogP contribution in [0.2, 0.25) is 0 Å². The number of esters is 3. The normalized spacial score (nSPS) is 33.2. The molecule has 1 heterocycles. The molecule has 16 nitrogen and oxygen atoms in total. The number of carbonyl (C=O) groups excluding carboxylic acids is 6. The molecule has 1 amide bonds. The number of fused-ring (bicyclic) bond motifs is 5. The molecule has 2 bridgehead atoms. The van der Waals surface area contributed by atoms with Crippen LogP contribution < -0.4 is 5.32 Å². The zero-order chi connectivity index (χ0) is 45.1. The van der Waals surface area contributed by atoms with Gasteiger partial charge in [-0.25, -0.2) is 14.4 Å². The van der Waals surface area contributed by atoms with E-state index in [1.165, 1.54) is 26.0 Å². The van der Waals surface area contributed by atoms with Crippen LogP contribution in [0.3, 0.4) is 0 Å². The average Bonchev–Trinajstić information content (AvgIpc) is 3.13. The van der Waals surface area contributed by atoms with Gasteiger partial charge in [-0.3, -0.25) is 14.4 Å². The van der Waals surface area contributed by atoms with Gasteiger partial charge < -0.3 is 49.1 Å². The predicted molar refractivity (Wildman–Crippen MR) is 212 cm³/mol. The molecule has 60 heavy (non-hydrogen) atoms. The van der Waals surface area contributed by atoms with E-state index in [4.69, 9.17) is 28.4 Å². The van der Waals surface area contributed by atoms with Gasteiger partial charge in [0.2, 0.25) is 5.91 Å². The Balaban J connectivity index is 1.74. The second kappa shape index (κ2) is 16.1. The SMILES string of the molecule is COC(=O)O[C@@]12CO[C@@H]1C[C@H](O)[C@@]1(C)C(=O)[C@H](OC(C)=O)C3=C(C)[C@@H](OC(=O)[C@H](O)[C@@H](NC(=O)CC(C)(C)C)C(C)(C)C)C[C@@](O)(C(OC(=O)c4ccccc4)C12)C3(C)C. The molecule has 1 aromatic carbocycles. The van der Waals surface area contributed by atoms with E-state index in [0.717, 1.165) is 14.0 Å². The molecule has 2 saturated carbocycles. The van der Waals surface area contributed by atoms with Crippen molar-refractivity contribution in [2.45, 2.75) is 149 Å². The summed E-state index contributed by atoms with van der Waals surface area (Å²) in [7, 11) is 1.07. The number of benzene rings is 1. The van der Waals surface area contributed by atoms with E-state index in [1.807, 2.05) is 20.8 Å². The third-order valence-electron chi connectivity index (χ3n) is 13.0. The van der Waals surface area contributed by atoms with Gasteiger partial charge in [0.1, 0.15) is 23.9 Å². The van der Waals surface area contributed by atoms with Gasteiger partial charge in [-0.2, -0.15) is 0 Å². The van der Waals surface area contributed by atoms with Crippen LogP contribution in [0.25, 0.3) is 0 Å². The van der Waals surface area contributed by atoms with Crippen LogP contribution in [-0.4, -0.2) is 119 Å². The minimum absolute atomic E-state index is 0.00264. The zero-order valence-electron chi connectivity index (χ0n) is 36.6. The lowest BCUT2D eigenvalue weighted by molar-refractivity contribution is -0.344. The summed E-state index contributed by atoms with van der Waals surface area (Å²) in [6, 6.07) is 6.66. The van der Waals surface area contributed by atoms with Crippen LogP contribution in [0.15, 0.2) is 41.5 Å². The fourth-order valence-corrected chi connectivity index (χ4v) is 9.77. The van der Waals surface area contributed by atoms with E-state index in [2.05, 4.69) is 5.32 Å². The molecule has 4 N–H and O–H groups in total. The molecule has 16 heteroatoms. The Morgan fingerprint density at radius 2 is 1.60 bits per heavy atom. The summed E-state index contributed by atoms with van der Waals surface area (Å²) in [5.41, 5.74) is -9.08. The number of rotatable bonds is 9. The number of ketones is 1. The van der Waals surface area contributed by atoms with Gasteiger partial charge in [-0.05, 0) is 48.0 Å². The number of hydrogen-bond donors (Lipinski definition) is 4. The van der Waals surface area contributed by atoms with Crippen LogP contribution in [0, 0.1) is 27.6 Å². The van der Waals surface area contributed by atoms with E-state index >= 15 is 4.79 Å². The van der Waals surface area contributed by atoms with Crippen molar-refractivity contribution >= 4 is 35.8 Å². The molecule has 4 aliphatic rings. The minimum atomic E-state index is -2.40. The summed E-state index contributed by atoms with van der Waals surface area (Å²) in [5.74, 6) is -5.92. The van der Waals surface area contributed by atoms with E-state index < -0.39 is 124 Å². The molecule has 3 aliphatic carbocycles. The molecule has 332 valence electrons. The summed E-state index contributed by atoms with van der Waals surface area (Å²) >= 11 is 0. The predicted octanol–water partition coefficient (Wildman–Crippen LogP) is 3.75. The second-order valence-corrected chi connectivity index (χ2v) is 19.7. The summed E-state index contributed by atoms with van der Waals surface area (Å²) in [6.45, 7) is 17.5. The van der Waals surface area contributed by atoms with Crippen molar-refractivity contribution in [1.29, 1.82) is 0 Å². The van der Waals surface area contributed by atoms with Crippen molar-refractivity contribution in [3.8, 4) is 0 Å². The molecule has 2 unspecified atom stereocenters. The number of amides is 1. The van der Waals surface area contributed by atoms with E-state index in [0.29, 0.717) is 0 Å². The monoisotopic (exact) mass is 843 g/mol. The molecule has 1 aliphatic heterocycles. The van der Waals surface area contributed by atoms with Crippen molar-refractivity contribution in [2.75, 3.05) is 13.7 Å². The minimum Gasteiger partial charge on any atom is -0.456 e. The van der Waals surface area contributed by atoms with Gasteiger partial charge in [-0.1, -0.05) is 73.6 Å². The van der Waals surface area contributed by atoms with Gasteiger partial charge >= 0.3 is 24.1 Å².